The fraction of sp³-hybridized carbons (Fsp3) is 0.818. The van der Waals surface area contributed by atoms with Gasteiger partial charge in [-0.05, 0) is 25.7 Å². The first kappa shape index (κ1) is 11.2. The minimum Gasteiger partial charge on any atom is -0.381 e. The summed E-state index contributed by atoms with van der Waals surface area (Å²) in [5.41, 5.74) is -0.811. The second kappa shape index (κ2) is 4.10. The Morgan fingerprint density at radius 1 is 1.71 bits per heavy atom. The number of carbonyl (C=O) groups excluding carboxylic acids is 1. The van der Waals surface area contributed by atoms with Gasteiger partial charge in [-0.2, -0.15) is 5.26 Å². The van der Waals surface area contributed by atoms with Gasteiger partial charge in [0.05, 0.1) is 12.2 Å². The lowest BCUT2D eigenvalue weighted by atomic mass is 9.78. The number of aldehydes is 1. The van der Waals surface area contributed by atoms with Crippen molar-refractivity contribution < 1.29 is 9.53 Å². The first-order valence-corrected chi connectivity index (χ1v) is 5.00. The minimum absolute atomic E-state index is 0.0233. The van der Waals surface area contributed by atoms with Gasteiger partial charge < -0.3 is 9.53 Å². The van der Waals surface area contributed by atoms with Crippen LogP contribution in [-0.2, 0) is 9.53 Å². The summed E-state index contributed by atoms with van der Waals surface area (Å²) < 4.78 is 5.23. The van der Waals surface area contributed by atoms with Crippen molar-refractivity contribution in [1.82, 2.24) is 0 Å². The van der Waals surface area contributed by atoms with Crippen LogP contribution in [0.15, 0.2) is 0 Å². The molecular weight excluding hydrogens is 178 g/mol. The monoisotopic (exact) mass is 195 g/mol. The van der Waals surface area contributed by atoms with Crippen LogP contribution in [0.2, 0.25) is 0 Å². The van der Waals surface area contributed by atoms with Crippen LogP contribution in [-0.4, -0.2) is 19.5 Å². The molecule has 1 rings (SSSR count). The SMILES string of the molecule is COC(C)C1CC(C)CC1(C#N)C=O. The van der Waals surface area contributed by atoms with Crippen molar-refractivity contribution in [1.29, 1.82) is 5.26 Å². The molecule has 4 unspecified atom stereocenters. The Bertz CT molecular complexity index is 259. The van der Waals surface area contributed by atoms with Gasteiger partial charge in [-0.25, -0.2) is 0 Å². The molecule has 0 spiro atoms. The Hall–Kier alpha value is -0.880. The summed E-state index contributed by atoms with van der Waals surface area (Å²) in [5.74, 6) is 0.479. The molecule has 0 aromatic rings. The predicted octanol–water partition coefficient (Wildman–Crippen LogP) is 1.78. The Morgan fingerprint density at radius 2 is 2.36 bits per heavy atom. The third kappa shape index (κ3) is 1.67. The van der Waals surface area contributed by atoms with E-state index in [0.717, 1.165) is 12.7 Å². The van der Waals surface area contributed by atoms with Crippen molar-refractivity contribution >= 4 is 6.29 Å². The average Bonchev–Trinajstić information content (AvgIpc) is 2.55. The van der Waals surface area contributed by atoms with E-state index in [-0.39, 0.29) is 12.0 Å². The molecular formula is C11H17NO2. The van der Waals surface area contributed by atoms with Gasteiger partial charge in [-0.15, -0.1) is 0 Å². The molecule has 0 saturated heterocycles. The van der Waals surface area contributed by atoms with Crippen molar-refractivity contribution in [3.63, 3.8) is 0 Å². The van der Waals surface area contributed by atoms with Crippen molar-refractivity contribution in [2.24, 2.45) is 17.3 Å². The molecule has 78 valence electrons. The van der Waals surface area contributed by atoms with Gasteiger partial charge in [-0.3, -0.25) is 0 Å². The zero-order valence-electron chi connectivity index (χ0n) is 8.99. The fourth-order valence-electron chi connectivity index (χ4n) is 2.52. The number of nitriles is 1. The zero-order valence-corrected chi connectivity index (χ0v) is 8.99. The molecule has 0 N–H and O–H groups in total. The largest absolute Gasteiger partial charge is 0.381 e. The fourth-order valence-corrected chi connectivity index (χ4v) is 2.52. The van der Waals surface area contributed by atoms with E-state index < -0.39 is 5.41 Å². The molecule has 0 bridgehead atoms. The lowest BCUT2D eigenvalue weighted by Gasteiger charge is -2.27. The molecule has 1 aliphatic rings. The van der Waals surface area contributed by atoms with Crippen molar-refractivity contribution in [3.05, 3.63) is 0 Å². The maximum absolute atomic E-state index is 11.1. The molecule has 14 heavy (non-hydrogen) atoms. The summed E-state index contributed by atoms with van der Waals surface area (Å²) in [6.07, 6.45) is 2.37. The van der Waals surface area contributed by atoms with E-state index in [1.807, 2.05) is 6.92 Å². The summed E-state index contributed by atoms with van der Waals surface area (Å²) in [6.45, 7) is 4.01. The number of hydrogen-bond acceptors (Lipinski definition) is 3. The summed E-state index contributed by atoms with van der Waals surface area (Å²) in [5, 5.41) is 9.11. The van der Waals surface area contributed by atoms with Gasteiger partial charge in [0.25, 0.3) is 0 Å². The third-order valence-electron chi connectivity index (χ3n) is 3.36. The Balaban J connectivity index is 2.93. The average molecular weight is 195 g/mol. The maximum Gasteiger partial charge on any atom is 0.140 e. The Labute approximate surface area is 85.1 Å². The van der Waals surface area contributed by atoms with Crippen LogP contribution >= 0.6 is 0 Å². The molecule has 0 heterocycles. The first-order valence-electron chi connectivity index (χ1n) is 5.00. The second-order valence-electron chi connectivity index (χ2n) is 4.36. The number of hydrogen-bond donors (Lipinski definition) is 0. The molecule has 1 fully saturated rings. The highest BCUT2D eigenvalue weighted by Gasteiger charge is 2.49. The van der Waals surface area contributed by atoms with Crippen LogP contribution in [0.3, 0.4) is 0 Å². The second-order valence-corrected chi connectivity index (χ2v) is 4.36. The van der Waals surface area contributed by atoms with E-state index in [9.17, 15) is 4.79 Å². The van der Waals surface area contributed by atoms with Crippen LogP contribution in [0.4, 0.5) is 0 Å². The van der Waals surface area contributed by atoms with Crippen LogP contribution < -0.4 is 0 Å². The molecule has 0 radical (unpaired) electrons. The third-order valence-corrected chi connectivity index (χ3v) is 3.36. The summed E-state index contributed by atoms with van der Waals surface area (Å²) in [7, 11) is 1.63. The van der Waals surface area contributed by atoms with E-state index in [0.29, 0.717) is 12.3 Å². The lowest BCUT2D eigenvalue weighted by Crippen LogP contribution is -2.33. The molecule has 1 saturated carbocycles. The van der Waals surface area contributed by atoms with Crippen LogP contribution in [0, 0.1) is 28.6 Å². The highest BCUT2D eigenvalue weighted by Crippen LogP contribution is 2.46. The molecule has 1 aliphatic carbocycles. The molecule has 3 nitrogen and oxygen atoms in total. The van der Waals surface area contributed by atoms with E-state index in [1.165, 1.54) is 0 Å². The highest BCUT2D eigenvalue weighted by atomic mass is 16.5. The summed E-state index contributed by atoms with van der Waals surface area (Å²) >= 11 is 0. The van der Waals surface area contributed by atoms with Crippen LogP contribution in [0.25, 0.3) is 0 Å². The van der Waals surface area contributed by atoms with Gasteiger partial charge >= 0.3 is 0 Å². The van der Waals surface area contributed by atoms with Crippen LogP contribution in [0.1, 0.15) is 26.7 Å². The quantitative estimate of drug-likeness (QED) is 0.645. The van der Waals surface area contributed by atoms with E-state index in [2.05, 4.69) is 13.0 Å². The van der Waals surface area contributed by atoms with Gasteiger partial charge in [0.15, 0.2) is 0 Å². The molecule has 4 atom stereocenters. The number of rotatable bonds is 3. The van der Waals surface area contributed by atoms with E-state index in [4.69, 9.17) is 10.00 Å². The highest BCUT2D eigenvalue weighted by molar-refractivity contribution is 5.65. The number of ether oxygens (including phenoxy) is 1. The smallest absolute Gasteiger partial charge is 0.140 e. The summed E-state index contributed by atoms with van der Waals surface area (Å²) in [4.78, 5) is 11.1. The topological polar surface area (TPSA) is 50.1 Å². The van der Waals surface area contributed by atoms with Crippen molar-refractivity contribution in [2.45, 2.75) is 32.8 Å². The van der Waals surface area contributed by atoms with Crippen LogP contribution in [0.5, 0.6) is 0 Å². The predicted molar refractivity (Wildman–Crippen MR) is 52.5 cm³/mol. The van der Waals surface area contributed by atoms with Gasteiger partial charge in [0.2, 0.25) is 0 Å². The van der Waals surface area contributed by atoms with Crippen molar-refractivity contribution in [3.8, 4) is 6.07 Å². The Morgan fingerprint density at radius 3 is 2.79 bits per heavy atom. The summed E-state index contributed by atoms with van der Waals surface area (Å²) in [6, 6.07) is 2.17. The molecule has 0 aromatic carbocycles. The minimum atomic E-state index is -0.811. The number of nitrogens with zero attached hydrogens (tertiary/aromatic N) is 1. The van der Waals surface area contributed by atoms with Gasteiger partial charge in [0, 0.05) is 13.0 Å². The number of carbonyl (C=O) groups is 1. The Kier molecular flexibility index (Phi) is 3.28. The van der Waals surface area contributed by atoms with Crippen molar-refractivity contribution in [2.75, 3.05) is 7.11 Å². The number of methoxy groups -OCH3 is 1. The lowest BCUT2D eigenvalue weighted by molar-refractivity contribution is -0.117. The van der Waals surface area contributed by atoms with E-state index in [1.54, 1.807) is 7.11 Å². The van der Waals surface area contributed by atoms with Gasteiger partial charge in [-0.1, -0.05) is 6.92 Å². The molecule has 0 aliphatic heterocycles. The first-order chi connectivity index (χ1) is 6.59. The molecule has 0 amide bonds. The zero-order chi connectivity index (χ0) is 10.8. The maximum atomic E-state index is 11.1. The standard InChI is InChI=1S/C11H17NO2/c1-8-4-10(9(2)14-3)11(5-8,6-12)7-13/h7-10H,4-5H2,1-3H3. The van der Waals surface area contributed by atoms with Gasteiger partial charge in [0.1, 0.15) is 11.7 Å². The van der Waals surface area contributed by atoms with E-state index >= 15 is 0 Å². The molecule has 0 aromatic heterocycles. The normalized spacial score (nSPS) is 39.0. The molecule has 3 heteroatoms.